The molecule has 3 rings (SSSR count). The maximum atomic E-state index is 13.3. The fraction of sp³-hybridized carbons (Fsp3) is 0.136. The van der Waals surface area contributed by atoms with Crippen molar-refractivity contribution in [2.45, 2.75) is 11.8 Å². The summed E-state index contributed by atoms with van der Waals surface area (Å²) in [5, 5.41) is 2.58. The molecule has 0 bridgehead atoms. The van der Waals surface area contributed by atoms with Gasteiger partial charge < -0.3 is 10.1 Å². The summed E-state index contributed by atoms with van der Waals surface area (Å²) in [7, 11) is 1.39. The van der Waals surface area contributed by atoms with Crippen LogP contribution in [0.3, 0.4) is 0 Å². The Labute approximate surface area is 160 Å². The van der Waals surface area contributed by atoms with E-state index in [2.05, 4.69) is 5.32 Å². The number of hydrogen-bond acceptors (Lipinski definition) is 2. The van der Waals surface area contributed by atoms with Gasteiger partial charge in [-0.05, 0) is 29.3 Å². The van der Waals surface area contributed by atoms with Gasteiger partial charge in [-0.3, -0.25) is 4.79 Å². The Morgan fingerprint density at radius 2 is 1.29 bits per heavy atom. The smallest absolute Gasteiger partial charge is 0.359 e. The van der Waals surface area contributed by atoms with E-state index in [0.29, 0.717) is 11.1 Å². The molecule has 0 fully saturated rings. The summed E-state index contributed by atoms with van der Waals surface area (Å²) in [4.78, 5) is 13.3. The molecule has 3 aromatic carbocycles. The second-order valence-corrected chi connectivity index (χ2v) is 6.15. The quantitative estimate of drug-likeness (QED) is 0.653. The van der Waals surface area contributed by atoms with Crippen molar-refractivity contribution in [3.05, 3.63) is 102 Å². The number of nitrogens with one attached hydrogen (secondary N) is 1. The zero-order valence-electron chi connectivity index (χ0n) is 15.0. The van der Waals surface area contributed by atoms with Crippen LogP contribution in [0, 0.1) is 0 Å². The third-order valence-corrected chi connectivity index (χ3v) is 4.43. The van der Waals surface area contributed by atoms with Crippen molar-refractivity contribution >= 4 is 11.6 Å². The molecule has 0 spiro atoms. The van der Waals surface area contributed by atoms with Crippen LogP contribution in [0.25, 0.3) is 0 Å². The lowest BCUT2D eigenvalue weighted by Gasteiger charge is -2.32. The third kappa shape index (κ3) is 3.77. The average molecular weight is 385 g/mol. The Hall–Kier alpha value is -3.12. The number of ether oxygens (including phenoxy) is 1. The predicted octanol–water partition coefficient (Wildman–Crippen LogP) is 5.23. The van der Waals surface area contributed by atoms with Crippen LogP contribution in [-0.2, 0) is 21.3 Å². The number of hydrogen-bond donors (Lipinski definition) is 1. The summed E-state index contributed by atoms with van der Waals surface area (Å²) in [5.41, 5.74) is -1.20. The maximum absolute atomic E-state index is 13.3. The Morgan fingerprint density at radius 3 is 1.75 bits per heavy atom. The van der Waals surface area contributed by atoms with E-state index in [0.717, 1.165) is 12.1 Å². The topological polar surface area (TPSA) is 38.3 Å². The first-order valence-corrected chi connectivity index (χ1v) is 8.53. The van der Waals surface area contributed by atoms with E-state index in [9.17, 15) is 18.0 Å². The molecule has 1 N–H and O–H groups in total. The molecule has 0 aliphatic rings. The van der Waals surface area contributed by atoms with Crippen molar-refractivity contribution in [1.82, 2.24) is 0 Å². The molecular formula is C22H18F3NO2. The lowest BCUT2D eigenvalue weighted by atomic mass is 9.85. The Kier molecular flexibility index (Phi) is 5.51. The molecule has 144 valence electrons. The fourth-order valence-electron chi connectivity index (χ4n) is 3.10. The van der Waals surface area contributed by atoms with E-state index in [1.807, 2.05) is 0 Å². The molecule has 0 aliphatic heterocycles. The number of alkyl halides is 3. The lowest BCUT2D eigenvalue weighted by molar-refractivity contribution is -0.138. The SMILES string of the molecule is COC(C(=O)Nc1cccc(C(F)(F)F)c1)(c1ccccc1)c1ccccc1. The third-order valence-electron chi connectivity index (χ3n) is 4.43. The van der Waals surface area contributed by atoms with Crippen LogP contribution in [0.2, 0.25) is 0 Å². The van der Waals surface area contributed by atoms with Crippen LogP contribution in [0.4, 0.5) is 18.9 Å². The molecule has 0 aromatic heterocycles. The van der Waals surface area contributed by atoms with Gasteiger partial charge >= 0.3 is 6.18 Å². The first-order valence-electron chi connectivity index (χ1n) is 8.53. The second-order valence-electron chi connectivity index (χ2n) is 6.15. The second kappa shape index (κ2) is 7.86. The molecule has 0 saturated heterocycles. The lowest BCUT2D eigenvalue weighted by Crippen LogP contribution is -2.43. The van der Waals surface area contributed by atoms with Gasteiger partial charge in [0, 0.05) is 12.8 Å². The molecule has 0 unspecified atom stereocenters. The number of carbonyl (C=O) groups is 1. The van der Waals surface area contributed by atoms with Gasteiger partial charge in [-0.25, -0.2) is 0 Å². The Balaban J connectivity index is 2.06. The van der Waals surface area contributed by atoms with E-state index in [4.69, 9.17) is 4.74 Å². The molecular weight excluding hydrogens is 367 g/mol. The summed E-state index contributed by atoms with van der Waals surface area (Å²) in [5.74, 6) is -0.591. The highest BCUT2D eigenvalue weighted by atomic mass is 19.4. The summed E-state index contributed by atoms with van der Waals surface area (Å²) in [6, 6.07) is 22.1. The molecule has 0 heterocycles. The highest BCUT2D eigenvalue weighted by molar-refractivity contribution is 6.00. The normalized spacial score (nSPS) is 11.9. The van der Waals surface area contributed by atoms with E-state index in [1.54, 1.807) is 60.7 Å². The molecule has 6 heteroatoms. The van der Waals surface area contributed by atoms with Gasteiger partial charge in [0.05, 0.1) is 5.56 Å². The zero-order chi connectivity index (χ0) is 20.2. The minimum Gasteiger partial charge on any atom is -0.359 e. The monoisotopic (exact) mass is 385 g/mol. The van der Waals surface area contributed by atoms with Gasteiger partial charge in [0.2, 0.25) is 0 Å². The number of rotatable bonds is 5. The van der Waals surface area contributed by atoms with Crippen LogP contribution >= 0.6 is 0 Å². The first-order chi connectivity index (χ1) is 13.4. The van der Waals surface area contributed by atoms with Gasteiger partial charge in [0.1, 0.15) is 0 Å². The number of benzene rings is 3. The Bertz CT molecular complexity index is 901. The predicted molar refractivity (Wildman–Crippen MR) is 101 cm³/mol. The Morgan fingerprint density at radius 1 is 0.786 bits per heavy atom. The first kappa shape index (κ1) is 19.6. The van der Waals surface area contributed by atoms with Crippen LogP contribution < -0.4 is 5.32 Å². The van der Waals surface area contributed by atoms with Crippen LogP contribution in [-0.4, -0.2) is 13.0 Å². The van der Waals surface area contributed by atoms with Crippen LogP contribution in [0.1, 0.15) is 16.7 Å². The van der Waals surface area contributed by atoms with E-state index < -0.39 is 23.2 Å². The molecule has 0 radical (unpaired) electrons. The standard InChI is InChI=1S/C22H18F3NO2/c1-28-21(16-9-4-2-5-10-16,17-11-6-3-7-12-17)20(27)26-19-14-8-13-18(15-19)22(23,24)25/h2-15H,1H3,(H,26,27). The van der Waals surface area contributed by atoms with Crippen molar-refractivity contribution in [3.8, 4) is 0 Å². The van der Waals surface area contributed by atoms with Gasteiger partial charge in [-0.15, -0.1) is 0 Å². The zero-order valence-corrected chi connectivity index (χ0v) is 15.0. The highest BCUT2D eigenvalue weighted by Crippen LogP contribution is 2.35. The maximum Gasteiger partial charge on any atom is 0.416 e. The van der Waals surface area contributed by atoms with E-state index in [-0.39, 0.29) is 5.69 Å². The number of halogens is 3. The van der Waals surface area contributed by atoms with E-state index >= 15 is 0 Å². The molecule has 0 atom stereocenters. The number of methoxy groups -OCH3 is 1. The van der Waals surface area contributed by atoms with Crippen molar-refractivity contribution in [1.29, 1.82) is 0 Å². The number of anilines is 1. The van der Waals surface area contributed by atoms with Gasteiger partial charge in [0.25, 0.3) is 5.91 Å². The van der Waals surface area contributed by atoms with E-state index in [1.165, 1.54) is 19.2 Å². The van der Waals surface area contributed by atoms with Crippen LogP contribution in [0.15, 0.2) is 84.9 Å². The molecule has 3 nitrogen and oxygen atoms in total. The minimum atomic E-state index is -4.50. The molecule has 0 aliphatic carbocycles. The minimum absolute atomic E-state index is 0.0353. The van der Waals surface area contributed by atoms with Crippen LogP contribution in [0.5, 0.6) is 0 Å². The van der Waals surface area contributed by atoms with Gasteiger partial charge in [-0.1, -0.05) is 66.7 Å². The van der Waals surface area contributed by atoms with Crippen molar-refractivity contribution in [2.75, 3.05) is 12.4 Å². The molecule has 28 heavy (non-hydrogen) atoms. The van der Waals surface area contributed by atoms with Gasteiger partial charge in [0.15, 0.2) is 5.60 Å². The highest BCUT2D eigenvalue weighted by Gasteiger charge is 2.42. The molecule has 0 saturated carbocycles. The fourth-order valence-corrected chi connectivity index (χ4v) is 3.10. The molecule has 3 aromatic rings. The van der Waals surface area contributed by atoms with Crippen molar-refractivity contribution in [2.24, 2.45) is 0 Å². The average Bonchev–Trinajstić information content (AvgIpc) is 2.70. The summed E-state index contributed by atoms with van der Waals surface area (Å²) < 4.78 is 44.7. The van der Waals surface area contributed by atoms with Crippen molar-refractivity contribution < 1.29 is 22.7 Å². The summed E-state index contributed by atoms with van der Waals surface area (Å²) >= 11 is 0. The number of amides is 1. The van der Waals surface area contributed by atoms with Crippen molar-refractivity contribution in [3.63, 3.8) is 0 Å². The number of carbonyl (C=O) groups excluding carboxylic acids is 1. The largest absolute Gasteiger partial charge is 0.416 e. The van der Waals surface area contributed by atoms with Gasteiger partial charge in [-0.2, -0.15) is 13.2 Å². The summed E-state index contributed by atoms with van der Waals surface area (Å²) in [6.45, 7) is 0. The molecule has 1 amide bonds. The summed E-state index contributed by atoms with van der Waals surface area (Å²) in [6.07, 6.45) is -4.50.